The summed E-state index contributed by atoms with van der Waals surface area (Å²) in [5, 5.41) is 2.98. The van der Waals surface area contributed by atoms with Crippen LogP contribution in [0.5, 0.6) is 0 Å². The maximum Gasteiger partial charge on any atom is 0.254 e. The predicted molar refractivity (Wildman–Crippen MR) is 142 cm³/mol. The number of imidazole rings is 1. The van der Waals surface area contributed by atoms with Gasteiger partial charge in [0.1, 0.15) is 6.54 Å². The van der Waals surface area contributed by atoms with Gasteiger partial charge in [-0.05, 0) is 57.4 Å². The molecular formula is C30H30N4O2. The Kier molecular flexibility index (Phi) is 6.42. The Hall–Kier alpha value is -4.19. The molecule has 1 fully saturated rings. The number of anilines is 1. The summed E-state index contributed by atoms with van der Waals surface area (Å²) in [4.78, 5) is 33.0. The normalized spacial score (nSPS) is 12.9. The maximum atomic E-state index is 13.3. The van der Waals surface area contributed by atoms with Gasteiger partial charge in [0.05, 0.1) is 5.69 Å². The molecule has 1 aromatic heterocycles. The van der Waals surface area contributed by atoms with Crippen LogP contribution >= 0.6 is 0 Å². The van der Waals surface area contributed by atoms with Crippen LogP contribution in [-0.2, 0) is 4.79 Å². The lowest BCUT2D eigenvalue weighted by Gasteiger charge is -2.22. The molecule has 0 saturated heterocycles. The smallest absolute Gasteiger partial charge is 0.254 e. The number of rotatable bonds is 7. The number of aromatic nitrogens is 2. The molecule has 6 heteroatoms. The number of nitrogens with one attached hydrogen (secondary N) is 1. The van der Waals surface area contributed by atoms with E-state index in [1.54, 1.807) is 4.90 Å². The van der Waals surface area contributed by atoms with Gasteiger partial charge in [-0.3, -0.25) is 19.5 Å². The van der Waals surface area contributed by atoms with Gasteiger partial charge in [-0.1, -0.05) is 65.7 Å². The Balaban J connectivity index is 1.42. The van der Waals surface area contributed by atoms with Crippen molar-refractivity contribution in [2.45, 2.75) is 39.7 Å². The number of aryl methyl sites for hydroxylation is 3. The second-order valence-corrected chi connectivity index (χ2v) is 9.55. The van der Waals surface area contributed by atoms with Gasteiger partial charge in [-0.25, -0.2) is 4.98 Å². The highest BCUT2D eigenvalue weighted by Crippen LogP contribution is 2.29. The van der Waals surface area contributed by atoms with E-state index in [1.807, 2.05) is 104 Å². The molecule has 1 N–H and O–H groups in total. The van der Waals surface area contributed by atoms with Crippen LogP contribution in [0.4, 0.5) is 5.95 Å². The summed E-state index contributed by atoms with van der Waals surface area (Å²) in [7, 11) is 0. The summed E-state index contributed by atoms with van der Waals surface area (Å²) in [5.74, 6) is 0.0599. The van der Waals surface area contributed by atoms with Crippen LogP contribution in [0.25, 0.3) is 16.9 Å². The zero-order valence-electron chi connectivity index (χ0n) is 20.9. The largest absolute Gasteiger partial charge is 0.326 e. The maximum absolute atomic E-state index is 13.3. The Morgan fingerprint density at radius 1 is 0.917 bits per heavy atom. The van der Waals surface area contributed by atoms with Crippen molar-refractivity contribution in [2.75, 3.05) is 11.9 Å². The van der Waals surface area contributed by atoms with Crippen LogP contribution in [0.1, 0.15) is 39.9 Å². The summed E-state index contributed by atoms with van der Waals surface area (Å²) in [6, 6.07) is 23.8. The quantitative estimate of drug-likeness (QED) is 0.370. The number of amides is 2. The van der Waals surface area contributed by atoms with Crippen molar-refractivity contribution in [1.82, 2.24) is 14.5 Å². The molecule has 6 nitrogen and oxygen atoms in total. The standard InChI is InChI=1S/C30H30N4O2/c1-20-8-12-23(13-9-20)27-18-34(25-14-10-21(2)11-15-25)30(31-27)32-28(35)19-33(24-16-17-24)29(36)26-7-5-4-6-22(26)3/h4-15,18,24H,16-17,19H2,1-3H3,(H,31,32,35). The molecule has 182 valence electrons. The number of nitrogens with zero attached hydrogens (tertiary/aromatic N) is 3. The fourth-order valence-corrected chi connectivity index (χ4v) is 4.27. The van der Waals surface area contributed by atoms with Gasteiger partial charge in [0.15, 0.2) is 0 Å². The van der Waals surface area contributed by atoms with E-state index in [1.165, 1.54) is 5.56 Å². The van der Waals surface area contributed by atoms with Gasteiger partial charge >= 0.3 is 0 Å². The SMILES string of the molecule is Cc1ccc(-c2cn(-c3ccc(C)cc3)c(NC(=O)CN(C(=O)c3ccccc3C)C3CC3)n2)cc1. The lowest BCUT2D eigenvalue weighted by atomic mass is 10.1. The first-order valence-electron chi connectivity index (χ1n) is 12.3. The highest BCUT2D eigenvalue weighted by atomic mass is 16.2. The van der Waals surface area contributed by atoms with E-state index in [0.29, 0.717) is 11.5 Å². The molecule has 0 spiro atoms. The van der Waals surface area contributed by atoms with Gasteiger partial charge in [-0.15, -0.1) is 0 Å². The first-order valence-corrected chi connectivity index (χ1v) is 12.3. The third kappa shape index (κ3) is 5.08. The highest BCUT2D eigenvalue weighted by molar-refractivity contribution is 6.00. The topological polar surface area (TPSA) is 67.2 Å². The molecule has 5 rings (SSSR count). The third-order valence-corrected chi connectivity index (χ3v) is 6.55. The van der Waals surface area contributed by atoms with E-state index in [2.05, 4.69) is 5.32 Å². The molecule has 36 heavy (non-hydrogen) atoms. The number of carbonyl (C=O) groups excluding carboxylic acids is 2. The van der Waals surface area contributed by atoms with Crippen molar-refractivity contribution in [1.29, 1.82) is 0 Å². The number of carbonyl (C=O) groups is 2. The average molecular weight is 479 g/mol. The van der Waals surface area contributed by atoms with E-state index in [-0.39, 0.29) is 24.4 Å². The molecule has 1 heterocycles. The second-order valence-electron chi connectivity index (χ2n) is 9.55. The third-order valence-electron chi connectivity index (χ3n) is 6.55. The van der Waals surface area contributed by atoms with Gasteiger partial charge in [0.25, 0.3) is 5.91 Å². The summed E-state index contributed by atoms with van der Waals surface area (Å²) in [6.45, 7) is 5.99. The van der Waals surface area contributed by atoms with Crippen molar-refractivity contribution in [3.63, 3.8) is 0 Å². The average Bonchev–Trinajstić information content (AvgIpc) is 3.63. The second kappa shape index (κ2) is 9.82. The Bertz CT molecular complexity index is 1400. The molecule has 0 radical (unpaired) electrons. The van der Waals surface area contributed by atoms with Crippen LogP contribution in [0.3, 0.4) is 0 Å². The van der Waals surface area contributed by atoms with E-state index in [9.17, 15) is 9.59 Å². The van der Waals surface area contributed by atoms with Crippen molar-refractivity contribution >= 4 is 17.8 Å². The Morgan fingerprint density at radius 2 is 1.56 bits per heavy atom. The molecule has 3 aromatic carbocycles. The van der Waals surface area contributed by atoms with Gasteiger partial charge in [0, 0.05) is 29.1 Å². The van der Waals surface area contributed by atoms with Crippen LogP contribution in [0.15, 0.2) is 79.0 Å². The predicted octanol–water partition coefficient (Wildman–Crippen LogP) is 5.71. The van der Waals surface area contributed by atoms with Crippen LogP contribution < -0.4 is 5.32 Å². The van der Waals surface area contributed by atoms with E-state index >= 15 is 0 Å². The number of hydrogen-bond acceptors (Lipinski definition) is 3. The van der Waals surface area contributed by atoms with E-state index < -0.39 is 0 Å². The van der Waals surface area contributed by atoms with Crippen molar-refractivity contribution in [3.05, 3.63) is 101 Å². The summed E-state index contributed by atoms with van der Waals surface area (Å²) < 4.78 is 1.89. The summed E-state index contributed by atoms with van der Waals surface area (Å²) in [5.41, 5.74) is 6.50. The number of hydrogen-bond donors (Lipinski definition) is 1. The molecule has 1 saturated carbocycles. The molecule has 0 unspecified atom stereocenters. The molecular weight excluding hydrogens is 448 g/mol. The first-order chi connectivity index (χ1) is 17.4. The summed E-state index contributed by atoms with van der Waals surface area (Å²) in [6.07, 6.45) is 3.77. The molecule has 0 bridgehead atoms. The zero-order chi connectivity index (χ0) is 25.2. The summed E-state index contributed by atoms with van der Waals surface area (Å²) >= 11 is 0. The number of benzene rings is 3. The fraction of sp³-hybridized carbons (Fsp3) is 0.233. The molecule has 2 amide bonds. The molecule has 1 aliphatic rings. The molecule has 0 atom stereocenters. The zero-order valence-corrected chi connectivity index (χ0v) is 20.9. The highest BCUT2D eigenvalue weighted by Gasteiger charge is 2.35. The van der Waals surface area contributed by atoms with E-state index in [0.717, 1.165) is 40.9 Å². The minimum Gasteiger partial charge on any atom is -0.326 e. The molecule has 4 aromatic rings. The van der Waals surface area contributed by atoms with E-state index in [4.69, 9.17) is 4.98 Å². The van der Waals surface area contributed by atoms with Gasteiger partial charge in [-0.2, -0.15) is 0 Å². The Labute approximate surface area is 211 Å². The van der Waals surface area contributed by atoms with Crippen LogP contribution in [0, 0.1) is 20.8 Å². The van der Waals surface area contributed by atoms with Crippen molar-refractivity contribution in [3.8, 4) is 16.9 Å². The lowest BCUT2D eigenvalue weighted by molar-refractivity contribution is -0.117. The monoisotopic (exact) mass is 478 g/mol. The van der Waals surface area contributed by atoms with Crippen molar-refractivity contribution in [2.24, 2.45) is 0 Å². The van der Waals surface area contributed by atoms with Crippen LogP contribution in [0.2, 0.25) is 0 Å². The lowest BCUT2D eigenvalue weighted by Crippen LogP contribution is -2.40. The minimum atomic E-state index is -0.266. The van der Waals surface area contributed by atoms with Crippen LogP contribution in [-0.4, -0.2) is 38.9 Å². The minimum absolute atomic E-state index is 0.0154. The van der Waals surface area contributed by atoms with Crippen molar-refractivity contribution < 1.29 is 9.59 Å². The van der Waals surface area contributed by atoms with Gasteiger partial charge < -0.3 is 4.90 Å². The fourth-order valence-electron chi connectivity index (χ4n) is 4.27. The van der Waals surface area contributed by atoms with Gasteiger partial charge in [0.2, 0.25) is 11.9 Å². The molecule has 0 aliphatic heterocycles. The first kappa shape index (κ1) is 23.5. The molecule has 1 aliphatic carbocycles. The Morgan fingerprint density at radius 3 is 2.19 bits per heavy atom.